The van der Waals surface area contributed by atoms with E-state index in [1.54, 1.807) is 0 Å². The van der Waals surface area contributed by atoms with Crippen LogP contribution >= 0.6 is 0 Å². The number of aliphatic hydroxyl groups is 6. The Labute approximate surface area is 336 Å². The van der Waals surface area contributed by atoms with Crippen molar-refractivity contribution in [1.82, 2.24) is 0 Å². The molecule has 0 aromatic rings. The standard InChI is InChI=1S/C43H68O14/c1-38(2)15-17-43(37(51)52)18-16-41(6)21(22(43)19-38)9-10-25-40(5)13-12-26(39(3,4)24(40)11-14-42(25,41)7)55-36-31(49)32(30(48)33(57-36)34(50)53-8)56-35-29(47)28(46)27(45)23(20-44)54-35/h9,22-33,35-36,44-49H,10-20H2,1-8H3,(H,51,52)/t22-,23+,24-,25+,26-,27+,28-,29+,30-,31+,32-,33-,35-,36+,40-,41+,42+,43-/m0/s1. The molecule has 0 amide bonds. The third-order valence-electron chi connectivity index (χ3n) is 17.4. The number of fused-ring (bicyclic) bond motifs is 7. The Morgan fingerprint density at radius 2 is 1.44 bits per heavy atom. The molecule has 6 fully saturated rings. The summed E-state index contributed by atoms with van der Waals surface area (Å²) in [6.45, 7) is 15.6. The fourth-order valence-corrected chi connectivity index (χ4v) is 13.8. The maximum absolute atomic E-state index is 13.1. The highest BCUT2D eigenvalue weighted by atomic mass is 16.7. The van der Waals surface area contributed by atoms with E-state index in [0.29, 0.717) is 18.8 Å². The number of esters is 1. The van der Waals surface area contributed by atoms with Gasteiger partial charge < -0.3 is 59.4 Å². The number of allylic oxidation sites excluding steroid dienone is 2. The van der Waals surface area contributed by atoms with Crippen LogP contribution in [-0.2, 0) is 33.3 Å². The molecule has 0 bridgehead atoms. The van der Waals surface area contributed by atoms with Crippen LogP contribution in [0.15, 0.2) is 11.6 Å². The number of aliphatic carboxylic acids is 1. The molecule has 7 aliphatic rings. The quantitative estimate of drug-likeness (QED) is 0.112. The van der Waals surface area contributed by atoms with E-state index >= 15 is 0 Å². The zero-order chi connectivity index (χ0) is 41.8. The first-order valence-electron chi connectivity index (χ1n) is 21.2. The average molecular weight is 809 g/mol. The lowest BCUT2D eigenvalue weighted by molar-refractivity contribution is -0.365. The molecular formula is C43H68O14. The van der Waals surface area contributed by atoms with Crippen LogP contribution in [0.25, 0.3) is 0 Å². The van der Waals surface area contributed by atoms with Crippen LogP contribution < -0.4 is 0 Å². The Balaban J connectivity index is 1.13. The smallest absolute Gasteiger partial charge is 0.337 e. The summed E-state index contributed by atoms with van der Waals surface area (Å²) in [6, 6.07) is 0. The van der Waals surface area contributed by atoms with E-state index in [2.05, 4.69) is 54.5 Å². The second-order valence-corrected chi connectivity index (χ2v) is 20.9. The molecule has 2 heterocycles. The first-order valence-corrected chi connectivity index (χ1v) is 21.2. The number of hydrogen-bond donors (Lipinski definition) is 7. The Morgan fingerprint density at radius 1 is 0.772 bits per heavy atom. The van der Waals surface area contributed by atoms with Gasteiger partial charge in [0.15, 0.2) is 18.7 Å². The summed E-state index contributed by atoms with van der Waals surface area (Å²) in [5.74, 6) is -0.993. The summed E-state index contributed by atoms with van der Waals surface area (Å²) in [6.07, 6.45) is -6.08. The maximum Gasteiger partial charge on any atom is 0.337 e. The summed E-state index contributed by atoms with van der Waals surface area (Å²) < 4.78 is 28.9. The van der Waals surface area contributed by atoms with Gasteiger partial charge in [0, 0.05) is 0 Å². The van der Waals surface area contributed by atoms with E-state index in [4.69, 9.17) is 23.7 Å². The normalized spacial score (nSPS) is 51.6. The number of aliphatic hydroxyl groups excluding tert-OH is 6. The van der Waals surface area contributed by atoms with Crippen molar-refractivity contribution >= 4 is 11.9 Å². The maximum atomic E-state index is 13.1. The molecule has 14 nitrogen and oxygen atoms in total. The number of carbonyl (C=O) groups is 2. The highest BCUT2D eigenvalue weighted by molar-refractivity contribution is 5.77. The van der Waals surface area contributed by atoms with Crippen molar-refractivity contribution in [3.63, 3.8) is 0 Å². The number of carboxylic acids is 1. The summed E-state index contributed by atoms with van der Waals surface area (Å²) in [5.41, 5.74) is 0.0788. The van der Waals surface area contributed by atoms with E-state index in [0.717, 1.165) is 58.5 Å². The fraction of sp³-hybridized carbons (Fsp3) is 0.907. The van der Waals surface area contributed by atoms with Crippen LogP contribution in [0.3, 0.4) is 0 Å². The minimum Gasteiger partial charge on any atom is -0.481 e. The van der Waals surface area contributed by atoms with Crippen molar-refractivity contribution in [1.29, 1.82) is 0 Å². The first kappa shape index (κ1) is 43.4. The molecule has 18 atom stereocenters. The molecule has 4 saturated carbocycles. The third-order valence-corrected chi connectivity index (χ3v) is 17.4. The lowest BCUT2D eigenvalue weighted by Gasteiger charge is -2.71. The Kier molecular flexibility index (Phi) is 11.2. The highest BCUT2D eigenvalue weighted by Crippen LogP contribution is 2.76. The zero-order valence-corrected chi connectivity index (χ0v) is 34.9. The Morgan fingerprint density at radius 3 is 2.09 bits per heavy atom. The van der Waals surface area contributed by atoms with Gasteiger partial charge in [-0.05, 0) is 109 Å². The minimum atomic E-state index is -1.82. The number of hydrogen-bond acceptors (Lipinski definition) is 13. The molecule has 0 spiro atoms. The largest absolute Gasteiger partial charge is 0.481 e. The molecule has 7 rings (SSSR count). The van der Waals surface area contributed by atoms with Gasteiger partial charge in [0.1, 0.15) is 42.7 Å². The Bertz CT molecular complexity index is 1580. The van der Waals surface area contributed by atoms with E-state index in [-0.39, 0.29) is 33.5 Å². The number of carbonyl (C=O) groups excluding carboxylic acids is 1. The molecule has 0 aromatic carbocycles. The molecule has 2 aliphatic heterocycles. The monoisotopic (exact) mass is 808 g/mol. The minimum absolute atomic E-state index is 0.0316. The van der Waals surface area contributed by atoms with Gasteiger partial charge in [-0.15, -0.1) is 0 Å². The predicted molar refractivity (Wildman–Crippen MR) is 203 cm³/mol. The fourth-order valence-electron chi connectivity index (χ4n) is 13.8. The zero-order valence-electron chi connectivity index (χ0n) is 34.9. The van der Waals surface area contributed by atoms with Crippen molar-refractivity contribution in [3.05, 3.63) is 11.6 Å². The van der Waals surface area contributed by atoms with E-state index < -0.39 is 96.9 Å². The van der Waals surface area contributed by atoms with Gasteiger partial charge in [0.05, 0.1) is 25.2 Å². The molecule has 7 N–H and O–H groups in total. The number of carboxylic acid groups (broad SMARTS) is 1. The van der Waals surface area contributed by atoms with Crippen LogP contribution in [0.2, 0.25) is 0 Å². The topological polar surface area (TPSA) is 222 Å². The third kappa shape index (κ3) is 6.48. The number of ether oxygens (including phenoxy) is 5. The summed E-state index contributed by atoms with van der Waals surface area (Å²) in [7, 11) is 1.13. The van der Waals surface area contributed by atoms with Gasteiger partial charge in [0.25, 0.3) is 0 Å². The highest BCUT2D eigenvalue weighted by Gasteiger charge is 2.70. The summed E-state index contributed by atoms with van der Waals surface area (Å²) in [5, 5.41) is 74.6. The average Bonchev–Trinajstić information content (AvgIpc) is 3.14. The molecule has 2 saturated heterocycles. The van der Waals surface area contributed by atoms with E-state index in [1.807, 2.05) is 0 Å². The molecule has 5 aliphatic carbocycles. The van der Waals surface area contributed by atoms with Crippen LogP contribution in [0.4, 0.5) is 0 Å². The van der Waals surface area contributed by atoms with Crippen LogP contribution in [-0.4, -0.2) is 129 Å². The predicted octanol–water partition coefficient (Wildman–Crippen LogP) is 3.06. The lowest BCUT2D eigenvalue weighted by Crippen LogP contribution is -2.67. The molecule has 0 unspecified atom stereocenters. The second-order valence-electron chi connectivity index (χ2n) is 20.9. The van der Waals surface area contributed by atoms with Gasteiger partial charge in [0.2, 0.25) is 0 Å². The molecule has 324 valence electrons. The van der Waals surface area contributed by atoms with Crippen LogP contribution in [0.1, 0.15) is 113 Å². The van der Waals surface area contributed by atoms with Crippen molar-refractivity contribution in [3.8, 4) is 0 Å². The first-order chi connectivity index (χ1) is 26.5. The SMILES string of the molecule is COC(=O)[C@H]1O[C@@H](O[C@H]2CC[C@]3(C)[C@H]4CC=C5[C@@H]6CC(C)(C)CC[C@]6(C(=O)O)CC[C@@]5(C)[C@]4(C)CC[C@H]3C2(C)C)[C@H](O)[C@@H](O[C@@H]2O[C@H](CO)[C@@H](O)[C@H](O)[C@H]2O)[C@@H]1O. The second kappa shape index (κ2) is 14.7. The Hall–Kier alpha value is -1.72. The molecule has 57 heavy (non-hydrogen) atoms. The van der Waals surface area contributed by atoms with Crippen LogP contribution in [0, 0.1) is 50.2 Å². The lowest BCUT2D eigenvalue weighted by atomic mass is 9.33. The van der Waals surface area contributed by atoms with Crippen molar-refractivity contribution in [2.75, 3.05) is 13.7 Å². The van der Waals surface area contributed by atoms with Crippen molar-refractivity contribution in [2.45, 2.75) is 180 Å². The summed E-state index contributed by atoms with van der Waals surface area (Å²) in [4.78, 5) is 26.0. The van der Waals surface area contributed by atoms with Gasteiger partial charge in [-0.1, -0.05) is 60.1 Å². The molecule has 0 aromatic heterocycles. The van der Waals surface area contributed by atoms with Gasteiger partial charge in [-0.25, -0.2) is 4.79 Å². The van der Waals surface area contributed by atoms with Gasteiger partial charge >= 0.3 is 11.9 Å². The molecule has 0 radical (unpaired) electrons. The van der Waals surface area contributed by atoms with E-state index in [1.165, 1.54) is 5.57 Å². The van der Waals surface area contributed by atoms with Crippen molar-refractivity contribution < 1.29 is 69.0 Å². The molecule has 14 heteroatoms. The van der Waals surface area contributed by atoms with Gasteiger partial charge in [-0.3, -0.25) is 4.79 Å². The van der Waals surface area contributed by atoms with E-state index in [9.17, 15) is 45.3 Å². The number of methoxy groups -OCH3 is 1. The van der Waals surface area contributed by atoms with Gasteiger partial charge in [-0.2, -0.15) is 0 Å². The number of rotatable bonds is 7. The van der Waals surface area contributed by atoms with Crippen LogP contribution in [0.5, 0.6) is 0 Å². The summed E-state index contributed by atoms with van der Waals surface area (Å²) >= 11 is 0. The molecular weight excluding hydrogens is 740 g/mol. The van der Waals surface area contributed by atoms with Crippen molar-refractivity contribution in [2.24, 2.45) is 50.2 Å².